The highest BCUT2D eigenvalue weighted by molar-refractivity contribution is 5.79. The third-order valence-corrected chi connectivity index (χ3v) is 4.18. The summed E-state index contributed by atoms with van der Waals surface area (Å²) >= 11 is 0. The smallest absolute Gasteiger partial charge is 0.224 e. The third-order valence-electron chi connectivity index (χ3n) is 4.18. The van der Waals surface area contributed by atoms with E-state index in [0.717, 1.165) is 24.3 Å². The first kappa shape index (κ1) is 14.1. The van der Waals surface area contributed by atoms with E-state index in [-0.39, 0.29) is 17.9 Å². The molecule has 1 amide bonds. The summed E-state index contributed by atoms with van der Waals surface area (Å²) in [4.78, 5) is 12.2. The molecule has 3 nitrogen and oxygen atoms in total. The molecule has 4 unspecified atom stereocenters. The van der Waals surface area contributed by atoms with Gasteiger partial charge in [0.1, 0.15) is 0 Å². The lowest BCUT2D eigenvalue weighted by Gasteiger charge is -2.22. The van der Waals surface area contributed by atoms with Crippen molar-refractivity contribution in [1.29, 1.82) is 0 Å². The second kappa shape index (κ2) is 6.20. The van der Waals surface area contributed by atoms with Gasteiger partial charge in [-0.25, -0.2) is 0 Å². The number of carbonyl (C=O) groups excluding carboxylic acids is 1. The van der Waals surface area contributed by atoms with Crippen molar-refractivity contribution >= 4 is 5.91 Å². The molecule has 0 bridgehead atoms. The molecule has 19 heavy (non-hydrogen) atoms. The summed E-state index contributed by atoms with van der Waals surface area (Å²) in [6, 6.07) is 9.93. The van der Waals surface area contributed by atoms with Crippen molar-refractivity contribution in [3.8, 4) is 0 Å². The average Bonchev–Trinajstić information content (AvgIpc) is 2.83. The van der Waals surface area contributed by atoms with Crippen molar-refractivity contribution in [2.75, 3.05) is 0 Å². The molecule has 0 saturated heterocycles. The molecule has 1 saturated carbocycles. The summed E-state index contributed by atoms with van der Waals surface area (Å²) in [6.45, 7) is 4.15. The first-order valence-electron chi connectivity index (χ1n) is 7.19. The zero-order chi connectivity index (χ0) is 13.8. The van der Waals surface area contributed by atoms with Crippen LogP contribution in [0.3, 0.4) is 0 Å². The highest BCUT2D eigenvalue weighted by atomic mass is 16.1. The van der Waals surface area contributed by atoms with Gasteiger partial charge in [0.2, 0.25) is 5.91 Å². The van der Waals surface area contributed by atoms with Crippen molar-refractivity contribution in [2.45, 2.75) is 45.2 Å². The van der Waals surface area contributed by atoms with Crippen molar-refractivity contribution in [2.24, 2.45) is 17.6 Å². The Morgan fingerprint density at radius 3 is 2.58 bits per heavy atom. The minimum atomic E-state index is -0.236. The van der Waals surface area contributed by atoms with E-state index >= 15 is 0 Å². The lowest BCUT2D eigenvalue weighted by atomic mass is 9.94. The van der Waals surface area contributed by atoms with Gasteiger partial charge in [0, 0.05) is 12.1 Å². The Morgan fingerprint density at radius 2 is 2.00 bits per heavy atom. The van der Waals surface area contributed by atoms with Crippen molar-refractivity contribution in [1.82, 2.24) is 5.32 Å². The molecule has 3 heteroatoms. The predicted octanol–water partition coefficient (Wildman–Crippen LogP) is 2.63. The fraction of sp³-hybridized carbons (Fsp3) is 0.562. The highest BCUT2D eigenvalue weighted by Crippen LogP contribution is 2.26. The van der Waals surface area contributed by atoms with Gasteiger partial charge in [0.25, 0.3) is 0 Å². The van der Waals surface area contributed by atoms with E-state index in [4.69, 9.17) is 5.73 Å². The Hall–Kier alpha value is -1.35. The quantitative estimate of drug-likeness (QED) is 0.874. The van der Waals surface area contributed by atoms with Gasteiger partial charge < -0.3 is 11.1 Å². The summed E-state index contributed by atoms with van der Waals surface area (Å²) in [5.41, 5.74) is 7.20. The van der Waals surface area contributed by atoms with E-state index in [9.17, 15) is 4.79 Å². The van der Waals surface area contributed by atoms with Gasteiger partial charge in [0.05, 0.1) is 5.92 Å². The minimum absolute atomic E-state index is 0.0791. The van der Waals surface area contributed by atoms with Crippen molar-refractivity contribution < 1.29 is 4.79 Å². The van der Waals surface area contributed by atoms with Crippen LogP contribution in [0.25, 0.3) is 0 Å². The molecule has 0 aliphatic heterocycles. The van der Waals surface area contributed by atoms with Crippen LogP contribution in [0, 0.1) is 11.8 Å². The van der Waals surface area contributed by atoms with E-state index in [1.54, 1.807) is 0 Å². The first-order chi connectivity index (χ1) is 9.08. The number of hydrogen-bond acceptors (Lipinski definition) is 2. The van der Waals surface area contributed by atoms with Gasteiger partial charge in [-0.15, -0.1) is 0 Å². The first-order valence-corrected chi connectivity index (χ1v) is 7.19. The molecule has 0 aromatic heterocycles. The summed E-state index contributed by atoms with van der Waals surface area (Å²) in [5, 5.41) is 3.14. The van der Waals surface area contributed by atoms with Crippen molar-refractivity contribution in [3.63, 3.8) is 0 Å². The summed E-state index contributed by atoms with van der Waals surface area (Å²) in [6.07, 6.45) is 3.41. The second-order valence-electron chi connectivity index (χ2n) is 5.85. The van der Waals surface area contributed by atoms with E-state index in [1.807, 2.05) is 37.3 Å². The molecule has 0 heterocycles. The van der Waals surface area contributed by atoms with Gasteiger partial charge in [-0.3, -0.25) is 4.79 Å². The van der Waals surface area contributed by atoms with Gasteiger partial charge >= 0.3 is 0 Å². The van der Waals surface area contributed by atoms with Crippen LogP contribution in [0.1, 0.15) is 44.7 Å². The zero-order valence-corrected chi connectivity index (χ0v) is 11.8. The fourth-order valence-electron chi connectivity index (χ4n) is 2.80. The Kier molecular flexibility index (Phi) is 4.59. The Balaban J connectivity index is 1.92. The number of amides is 1. The summed E-state index contributed by atoms with van der Waals surface area (Å²) < 4.78 is 0. The maximum absolute atomic E-state index is 12.2. The maximum Gasteiger partial charge on any atom is 0.224 e. The monoisotopic (exact) mass is 260 g/mol. The van der Waals surface area contributed by atoms with E-state index < -0.39 is 0 Å². The Bertz CT molecular complexity index is 418. The van der Waals surface area contributed by atoms with Crippen LogP contribution >= 0.6 is 0 Å². The molecule has 1 aromatic rings. The SMILES string of the molecule is CC1CCC(NC(=O)C(C)C(N)c2ccccc2)C1. The fourth-order valence-corrected chi connectivity index (χ4v) is 2.80. The molecule has 3 N–H and O–H groups in total. The number of nitrogens with one attached hydrogen (secondary N) is 1. The minimum Gasteiger partial charge on any atom is -0.353 e. The van der Waals surface area contributed by atoms with Crippen LogP contribution in [-0.2, 0) is 4.79 Å². The lowest BCUT2D eigenvalue weighted by molar-refractivity contribution is -0.125. The third kappa shape index (κ3) is 3.57. The molecule has 0 spiro atoms. The van der Waals surface area contributed by atoms with Gasteiger partial charge in [0.15, 0.2) is 0 Å². The van der Waals surface area contributed by atoms with Gasteiger partial charge in [-0.1, -0.05) is 44.2 Å². The van der Waals surface area contributed by atoms with Crippen molar-refractivity contribution in [3.05, 3.63) is 35.9 Å². The molecule has 1 fully saturated rings. The van der Waals surface area contributed by atoms with Crippen LogP contribution in [0.2, 0.25) is 0 Å². The predicted molar refractivity (Wildman–Crippen MR) is 77.5 cm³/mol. The second-order valence-corrected chi connectivity index (χ2v) is 5.85. The van der Waals surface area contributed by atoms with Crippen LogP contribution < -0.4 is 11.1 Å². The lowest BCUT2D eigenvalue weighted by Crippen LogP contribution is -2.40. The molecular formula is C16H24N2O. The Labute approximate surface area is 115 Å². The highest BCUT2D eigenvalue weighted by Gasteiger charge is 2.27. The average molecular weight is 260 g/mol. The van der Waals surface area contributed by atoms with Crippen LogP contribution in [0.15, 0.2) is 30.3 Å². The molecule has 4 atom stereocenters. The number of carbonyl (C=O) groups is 1. The topological polar surface area (TPSA) is 55.1 Å². The molecule has 0 radical (unpaired) electrons. The van der Waals surface area contributed by atoms with Crippen LogP contribution in [0.5, 0.6) is 0 Å². The maximum atomic E-state index is 12.2. The zero-order valence-electron chi connectivity index (χ0n) is 11.8. The van der Waals surface area contributed by atoms with Gasteiger partial charge in [-0.2, -0.15) is 0 Å². The number of rotatable bonds is 4. The number of benzene rings is 1. The summed E-state index contributed by atoms with van der Waals surface area (Å²) in [5.74, 6) is 0.608. The molecular weight excluding hydrogens is 236 g/mol. The van der Waals surface area contributed by atoms with Crippen LogP contribution in [0.4, 0.5) is 0 Å². The summed E-state index contributed by atoms with van der Waals surface area (Å²) in [7, 11) is 0. The van der Waals surface area contributed by atoms with E-state index in [1.165, 1.54) is 6.42 Å². The van der Waals surface area contributed by atoms with Crippen LogP contribution in [-0.4, -0.2) is 11.9 Å². The largest absolute Gasteiger partial charge is 0.353 e. The molecule has 1 aliphatic carbocycles. The standard InChI is InChI=1S/C16H24N2O/c1-11-8-9-14(10-11)18-16(19)12(2)15(17)13-6-4-3-5-7-13/h3-7,11-12,14-15H,8-10,17H2,1-2H3,(H,18,19). The van der Waals surface area contributed by atoms with Gasteiger partial charge in [-0.05, 0) is 30.7 Å². The molecule has 1 aliphatic rings. The Morgan fingerprint density at radius 1 is 1.32 bits per heavy atom. The normalized spacial score (nSPS) is 25.8. The van der Waals surface area contributed by atoms with E-state index in [0.29, 0.717) is 6.04 Å². The van der Waals surface area contributed by atoms with E-state index in [2.05, 4.69) is 12.2 Å². The molecule has 1 aromatic carbocycles. The molecule has 104 valence electrons. The molecule has 2 rings (SSSR count). The number of hydrogen-bond donors (Lipinski definition) is 2. The number of nitrogens with two attached hydrogens (primary N) is 1.